The molecule has 0 atom stereocenters. The molecule has 0 bridgehead atoms. The summed E-state index contributed by atoms with van der Waals surface area (Å²) in [5.41, 5.74) is 5.79. The van der Waals surface area contributed by atoms with Gasteiger partial charge in [0.05, 0.1) is 5.69 Å². The second-order valence-corrected chi connectivity index (χ2v) is 4.29. The van der Waals surface area contributed by atoms with Crippen LogP contribution in [0, 0.1) is 11.6 Å². The number of nitrogens with two attached hydrogens (primary N) is 1. The molecule has 1 rings (SSSR count). The Morgan fingerprint density at radius 3 is 2.53 bits per heavy atom. The van der Waals surface area contributed by atoms with Crippen molar-refractivity contribution >= 4 is 5.69 Å². The second kappa shape index (κ2) is 4.57. The van der Waals surface area contributed by atoms with Crippen LogP contribution in [0.15, 0.2) is 18.2 Å². The first kappa shape index (κ1) is 11.9. The van der Waals surface area contributed by atoms with Gasteiger partial charge >= 0.3 is 0 Å². The molecule has 0 saturated carbocycles. The van der Waals surface area contributed by atoms with E-state index in [1.807, 2.05) is 13.8 Å². The predicted octanol–water partition coefficient (Wildman–Crippen LogP) is 2.50. The zero-order valence-electron chi connectivity index (χ0n) is 8.98. The number of benzene rings is 1. The van der Waals surface area contributed by atoms with Crippen LogP contribution in [0.25, 0.3) is 0 Å². The number of anilines is 1. The fourth-order valence-corrected chi connectivity index (χ4v) is 1.15. The molecule has 1 aromatic rings. The topological polar surface area (TPSA) is 38.0 Å². The van der Waals surface area contributed by atoms with E-state index in [0.29, 0.717) is 18.7 Å². The molecule has 0 spiro atoms. The van der Waals surface area contributed by atoms with Crippen molar-refractivity contribution in [3.8, 4) is 0 Å². The molecule has 0 aromatic heterocycles. The highest BCUT2D eigenvalue weighted by atomic mass is 19.1. The van der Waals surface area contributed by atoms with Gasteiger partial charge in [-0.3, -0.25) is 0 Å². The number of nitrogens with one attached hydrogen (secondary N) is 1. The van der Waals surface area contributed by atoms with E-state index in [4.69, 9.17) is 5.73 Å². The largest absolute Gasteiger partial charge is 0.383 e. The van der Waals surface area contributed by atoms with Crippen molar-refractivity contribution in [2.24, 2.45) is 5.73 Å². The van der Waals surface area contributed by atoms with Crippen molar-refractivity contribution in [3.63, 3.8) is 0 Å². The summed E-state index contributed by atoms with van der Waals surface area (Å²) in [6.07, 6.45) is 0.712. The Morgan fingerprint density at radius 1 is 1.33 bits per heavy atom. The first-order chi connectivity index (χ1) is 6.88. The summed E-state index contributed by atoms with van der Waals surface area (Å²) >= 11 is 0. The summed E-state index contributed by atoms with van der Waals surface area (Å²) in [6.45, 7) is 4.36. The van der Waals surface area contributed by atoms with Gasteiger partial charge in [0.2, 0.25) is 0 Å². The van der Waals surface area contributed by atoms with Gasteiger partial charge in [0.25, 0.3) is 0 Å². The van der Waals surface area contributed by atoms with Crippen LogP contribution in [0.3, 0.4) is 0 Å². The highest BCUT2D eigenvalue weighted by Gasteiger charge is 2.10. The van der Waals surface area contributed by atoms with Crippen molar-refractivity contribution in [1.29, 1.82) is 0 Å². The number of hydrogen-bond acceptors (Lipinski definition) is 2. The summed E-state index contributed by atoms with van der Waals surface area (Å²) in [7, 11) is 0. The lowest BCUT2D eigenvalue weighted by Gasteiger charge is -2.18. The monoisotopic (exact) mass is 214 g/mol. The number of rotatable bonds is 4. The maximum Gasteiger partial charge on any atom is 0.149 e. The lowest BCUT2D eigenvalue weighted by molar-refractivity contribution is 0.489. The molecule has 2 nitrogen and oxygen atoms in total. The van der Waals surface area contributed by atoms with Gasteiger partial charge in [-0.25, -0.2) is 8.78 Å². The van der Waals surface area contributed by atoms with Crippen LogP contribution in [-0.2, 0) is 0 Å². The Bertz CT molecular complexity index is 332. The van der Waals surface area contributed by atoms with Gasteiger partial charge < -0.3 is 11.1 Å². The molecule has 84 valence electrons. The molecule has 0 aliphatic carbocycles. The molecular formula is C11H16F2N2. The maximum atomic E-state index is 13.1. The van der Waals surface area contributed by atoms with E-state index in [0.717, 1.165) is 6.07 Å². The number of halogens is 2. The highest BCUT2D eigenvalue weighted by molar-refractivity contribution is 5.44. The van der Waals surface area contributed by atoms with Gasteiger partial charge in [0, 0.05) is 18.2 Å². The molecule has 0 amide bonds. The average Bonchev–Trinajstić information content (AvgIpc) is 2.07. The van der Waals surface area contributed by atoms with Crippen LogP contribution in [0.5, 0.6) is 0 Å². The molecule has 4 heteroatoms. The van der Waals surface area contributed by atoms with E-state index in [2.05, 4.69) is 5.32 Å². The fraction of sp³-hybridized carbons (Fsp3) is 0.455. The third-order valence-electron chi connectivity index (χ3n) is 2.02. The van der Waals surface area contributed by atoms with Crippen LogP contribution in [0.2, 0.25) is 0 Å². The van der Waals surface area contributed by atoms with Crippen molar-refractivity contribution in [3.05, 3.63) is 29.8 Å². The zero-order valence-corrected chi connectivity index (χ0v) is 8.98. The van der Waals surface area contributed by atoms with Crippen LogP contribution in [0.1, 0.15) is 20.3 Å². The third-order valence-corrected chi connectivity index (χ3v) is 2.02. The Morgan fingerprint density at radius 2 is 2.00 bits per heavy atom. The first-order valence-corrected chi connectivity index (χ1v) is 4.86. The van der Waals surface area contributed by atoms with E-state index in [1.165, 1.54) is 12.1 Å². The quantitative estimate of drug-likeness (QED) is 0.808. The molecule has 0 radical (unpaired) electrons. The van der Waals surface area contributed by atoms with Crippen molar-refractivity contribution < 1.29 is 8.78 Å². The van der Waals surface area contributed by atoms with Crippen molar-refractivity contribution in [2.45, 2.75) is 25.8 Å². The zero-order chi connectivity index (χ0) is 11.5. The lowest BCUT2D eigenvalue weighted by Crippen LogP contribution is -2.34. The highest BCUT2D eigenvalue weighted by Crippen LogP contribution is 2.15. The van der Waals surface area contributed by atoms with Crippen LogP contribution < -0.4 is 11.1 Å². The molecule has 0 aliphatic rings. The predicted molar refractivity (Wildman–Crippen MR) is 57.7 cm³/mol. The summed E-state index contributed by atoms with van der Waals surface area (Å²) < 4.78 is 25.7. The molecule has 0 heterocycles. The van der Waals surface area contributed by atoms with Crippen LogP contribution in [0.4, 0.5) is 14.5 Å². The van der Waals surface area contributed by atoms with Gasteiger partial charge in [-0.1, -0.05) is 0 Å². The van der Waals surface area contributed by atoms with E-state index >= 15 is 0 Å². The molecule has 0 unspecified atom stereocenters. The van der Waals surface area contributed by atoms with Gasteiger partial charge in [0.1, 0.15) is 11.6 Å². The summed E-state index contributed by atoms with van der Waals surface area (Å²) in [5, 5.41) is 2.88. The Hall–Kier alpha value is -1.16. The lowest BCUT2D eigenvalue weighted by atomic mass is 10.0. The summed E-state index contributed by atoms with van der Waals surface area (Å²) in [4.78, 5) is 0. The molecular weight excluding hydrogens is 198 g/mol. The minimum Gasteiger partial charge on any atom is -0.383 e. The van der Waals surface area contributed by atoms with Gasteiger partial charge in [-0.05, 0) is 32.4 Å². The van der Waals surface area contributed by atoms with E-state index in [-0.39, 0.29) is 5.54 Å². The molecule has 0 aliphatic heterocycles. The smallest absolute Gasteiger partial charge is 0.149 e. The normalized spacial score (nSPS) is 11.5. The molecule has 1 aromatic carbocycles. The van der Waals surface area contributed by atoms with Gasteiger partial charge in [-0.2, -0.15) is 0 Å². The molecule has 0 fully saturated rings. The van der Waals surface area contributed by atoms with Gasteiger partial charge in [0.15, 0.2) is 0 Å². The van der Waals surface area contributed by atoms with Crippen molar-refractivity contribution in [1.82, 2.24) is 0 Å². The van der Waals surface area contributed by atoms with E-state index < -0.39 is 11.6 Å². The minimum atomic E-state index is -0.579. The van der Waals surface area contributed by atoms with Gasteiger partial charge in [-0.15, -0.1) is 0 Å². The minimum absolute atomic E-state index is 0.288. The third kappa shape index (κ3) is 4.25. The molecule has 15 heavy (non-hydrogen) atoms. The molecule has 3 N–H and O–H groups in total. The Kier molecular flexibility index (Phi) is 3.63. The standard InChI is InChI=1S/C11H16F2N2/c1-11(2,14)5-6-15-10-4-3-8(12)7-9(10)13/h3-4,7,15H,5-6,14H2,1-2H3. The van der Waals surface area contributed by atoms with Crippen molar-refractivity contribution in [2.75, 3.05) is 11.9 Å². The fourth-order valence-electron chi connectivity index (χ4n) is 1.15. The first-order valence-electron chi connectivity index (χ1n) is 4.86. The Labute approximate surface area is 88.5 Å². The summed E-state index contributed by atoms with van der Waals surface area (Å²) in [6, 6.07) is 3.46. The van der Waals surface area contributed by atoms with Crippen LogP contribution >= 0.6 is 0 Å². The van der Waals surface area contributed by atoms with E-state index in [9.17, 15) is 8.78 Å². The molecule has 0 saturated heterocycles. The SMILES string of the molecule is CC(C)(N)CCNc1ccc(F)cc1F. The number of hydrogen-bond donors (Lipinski definition) is 2. The Balaban J connectivity index is 2.51. The van der Waals surface area contributed by atoms with E-state index in [1.54, 1.807) is 0 Å². The average molecular weight is 214 g/mol. The summed E-state index contributed by atoms with van der Waals surface area (Å²) in [5.74, 6) is -1.15. The second-order valence-electron chi connectivity index (χ2n) is 4.29. The van der Waals surface area contributed by atoms with Crippen LogP contribution in [-0.4, -0.2) is 12.1 Å². The maximum absolute atomic E-state index is 13.1.